The van der Waals surface area contributed by atoms with Crippen molar-refractivity contribution >= 4 is 28.8 Å². The van der Waals surface area contributed by atoms with Crippen molar-refractivity contribution < 1.29 is 4.74 Å². The van der Waals surface area contributed by atoms with Crippen LogP contribution in [0.3, 0.4) is 0 Å². The number of nitrogens with zero attached hydrogens (tertiary/aromatic N) is 3. The van der Waals surface area contributed by atoms with Gasteiger partial charge in [-0.15, -0.1) is 0 Å². The summed E-state index contributed by atoms with van der Waals surface area (Å²) >= 11 is 12.4. The third-order valence-corrected chi connectivity index (χ3v) is 4.78. The third-order valence-electron chi connectivity index (χ3n) is 4.23. The molecule has 0 saturated heterocycles. The van der Waals surface area contributed by atoms with Crippen molar-refractivity contribution in [2.24, 2.45) is 0 Å². The Morgan fingerprint density at radius 1 is 1.16 bits per heavy atom. The molecule has 0 fully saturated rings. The fourth-order valence-corrected chi connectivity index (χ4v) is 3.61. The lowest BCUT2D eigenvalue weighted by Crippen LogP contribution is -2.06. The Balaban J connectivity index is 2.25. The van der Waals surface area contributed by atoms with Gasteiger partial charge in [0, 0.05) is 29.0 Å². The van der Waals surface area contributed by atoms with Gasteiger partial charge in [0.2, 0.25) is 0 Å². The van der Waals surface area contributed by atoms with Crippen LogP contribution in [-0.2, 0) is 11.2 Å². The van der Waals surface area contributed by atoms with Gasteiger partial charge in [0.05, 0.1) is 22.5 Å². The average Bonchev–Trinajstić information content (AvgIpc) is 2.98. The summed E-state index contributed by atoms with van der Waals surface area (Å²) in [6, 6.07) is 7.40. The fourth-order valence-electron chi connectivity index (χ4n) is 3.10. The molecule has 0 aliphatic heterocycles. The fraction of sp³-hybridized carbons (Fsp3) is 0.368. The number of hydrogen-bond donors (Lipinski definition) is 0. The largest absolute Gasteiger partial charge is 0.374 e. The lowest BCUT2D eigenvalue weighted by Gasteiger charge is -2.15. The SMILES string of the molecule is CCOC(CC)c1c(CC)nn2c(-c3ccc(Cl)cc3Cl)ccnc12. The van der Waals surface area contributed by atoms with Crippen LogP contribution in [0.1, 0.15) is 44.6 Å². The Hall–Kier alpha value is -1.62. The van der Waals surface area contributed by atoms with Crippen molar-refractivity contribution in [1.29, 1.82) is 0 Å². The van der Waals surface area contributed by atoms with Crippen molar-refractivity contribution in [2.45, 2.75) is 39.7 Å². The predicted octanol–water partition coefficient (Wildman–Crippen LogP) is 5.75. The van der Waals surface area contributed by atoms with E-state index in [-0.39, 0.29) is 6.10 Å². The van der Waals surface area contributed by atoms with Gasteiger partial charge in [-0.3, -0.25) is 0 Å². The summed E-state index contributed by atoms with van der Waals surface area (Å²) in [5.41, 5.74) is 4.66. The highest BCUT2D eigenvalue weighted by Gasteiger charge is 2.23. The third kappa shape index (κ3) is 3.39. The van der Waals surface area contributed by atoms with Crippen LogP contribution in [0.2, 0.25) is 10.0 Å². The molecule has 0 aliphatic rings. The van der Waals surface area contributed by atoms with E-state index in [4.69, 9.17) is 33.0 Å². The first-order chi connectivity index (χ1) is 12.1. The number of fused-ring (bicyclic) bond motifs is 1. The Morgan fingerprint density at radius 3 is 2.60 bits per heavy atom. The number of benzene rings is 1. The van der Waals surface area contributed by atoms with Gasteiger partial charge in [0.1, 0.15) is 0 Å². The van der Waals surface area contributed by atoms with Crippen molar-refractivity contribution in [2.75, 3.05) is 6.61 Å². The minimum absolute atomic E-state index is 0.0131. The Kier molecular flexibility index (Phi) is 5.62. The molecule has 1 aromatic carbocycles. The molecular weight excluding hydrogens is 357 g/mol. The quantitative estimate of drug-likeness (QED) is 0.548. The highest BCUT2D eigenvalue weighted by Crippen LogP contribution is 2.34. The minimum Gasteiger partial charge on any atom is -0.374 e. The molecule has 0 spiro atoms. The normalized spacial score (nSPS) is 12.7. The first-order valence-electron chi connectivity index (χ1n) is 8.54. The molecule has 3 aromatic rings. The lowest BCUT2D eigenvalue weighted by atomic mass is 10.1. The molecule has 25 heavy (non-hydrogen) atoms. The zero-order valence-corrected chi connectivity index (χ0v) is 16.1. The van der Waals surface area contributed by atoms with Gasteiger partial charge in [-0.1, -0.05) is 37.0 Å². The van der Waals surface area contributed by atoms with Crippen molar-refractivity contribution in [3.63, 3.8) is 0 Å². The van der Waals surface area contributed by atoms with E-state index in [0.29, 0.717) is 16.7 Å². The van der Waals surface area contributed by atoms with Gasteiger partial charge < -0.3 is 4.74 Å². The summed E-state index contributed by atoms with van der Waals surface area (Å²) in [4.78, 5) is 4.59. The second-order valence-electron chi connectivity index (χ2n) is 5.76. The maximum Gasteiger partial charge on any atom is 0.161 e. The molecular formula is C19H21Cl2N3O. The number of aromatic nitrogens is 3. The number of hydrogen-bond acceptors (Lipinski definition) is 3. The van der Waals surface area contributed by atoms with Crippen molar-refractivity contribution in [3.8, 4) is 11.3 Å². The maximum absolute atomic E-state index is 6.41. The van der Waals surface area contributed by atoms with E-state index < -0.39 is 0 Å². The second kappa shape index (κ2) is 7.73. The molecule has 2 aromatic heterocycles. The summed E-state index contributed by atoms with van der Waals surface area (Å²) in [5, 5.41) is 6.00. The van der Waals surface area contributed by atoms with E-state index in [1.807, 2.05) is 29.6 Å². The molecule has 0 amide bonds. The first-order valence-corrected chi connectivity index (χ1v) is 9.29. The van der Waals surface area contributed by atoms with Crippen molar-refractivity contribution in [3.05, 3.63) is 51.8 Å². The Labute approximate surface area is 157 Å². The van der Waals surface area contributed by atoms with Gasteiger partial charge >= 0.3 is 0 Å². The van der Waals surface area contributed by atoms with Crippen LogP contribution in [0.5, 0.6) is 0 Å². The van der Waals surface area contributed by atoms with Gasteiger partial charge in [-0.2, -0.15) is 5.10 Å². The second-order valence-corrected chi connectivity index (χ2v) is 6.60. The van der Waals surface area contributed by atoms with Gasteiger partial charge in [-0.05, 0) is 44.0 Å². The van der Waals surface area contributed by atoms with E-state index >= 15 is 0 Å². The van der Waals surface area contributed by atoms with Crippen LogP contribution >= 0.6 is 23.2 Å². The summed E-state index contributed by atoms with van der Waals surface area (Å²) in [7, 11) is 0. The molecule has 132 valence electrons. The van der Waals surface area contributed by atoms with E-state index in [1.165, 1.54) is 0 Å². The van der Waals surface area contributed by atoms with Crippen LogP contribution in [0.25, 0.3) is 16.9 Å². The topological polar surface area (TPSA) is 39.4 Å². The van der Waals surface area contributed by atoms with Crippen LogP contribution in [0.15, 0.2) is 30.5 Å². The predicted molar refractivity (Wildman–Crippen MR) is 102 cm³/mol. The van der Waals surface area contributed by atoms with Gasteiger partial charge in [-0.25, -0.2) is 9.50 Å². The van der Waals surface area contributed by atoms with E-state index in [0.717, 1.165) is 41.0 Å². The number of aryl methyl sites for hydroxylation is 1. The molecule has 1 atom stereocenters. The molecule has 0 N–H and O–H groups in total. The molecule has 0 saturated carbocycles. The van der Waals surface area contributed by atoms with Gasteiger partial charge in [0.15, 0.2) is 5.65 Å². The van der Waals surface area contributed by atoms with E-state index in [2.05, 4.69) is 18.8 Å². The molecule has 3 rings (SSSR count). The highest BCUT2D eigenvalue weighted by atomic mass is 35.5. The van der Waals surface area contributed by atoms with E-state index in [1.54, 1.807) is 12.3 Å². The number of ether oxygens (including phenoxy) is 1. The lowest BCUT2D eigenvalue weighted by molar-refractivity contribution is 0.0601. The van der Waals surface area contributed by atoms with Crippen LogP contribution in [-0.4, -0.2) is 21.2 Å². The molecule has 6 heteroatoms. The monoisotopic (exact) mass is 377 g/mol. The molecule has 0 radical (unpaired) electrons. The van der Waals surface area contributed by atoms with Crippen LogP contribution in [0, 0.1) is 0 Å². The Morgan fingerprint density at radius 2 is 1.96 bits per heavy atom. The van der Waals surface area contributed by atoms with Crippen molar-refractivity contribution in [1.82, 2.24) is 14.6 Å². The zero-order valence-electron chi connectivity index (χ0n) is 14.6. The first kappa shape index (κ1) is 18.2. The maximum atomic E-state index is 6.41. The molecule has 1 unspecified atom stereocenters. The average molecular weight is 378 g/mol. The highest BCUT2D eigenvalue weighted by molar-refractivity contribution is 6.36. The van der Waals surface area contributed by atoms with E-state index in [9.17, 15) is 0 Å². The van der Waals surface area contributed by atoms with Gasteiger partial charge in [0.25, 0.3) is 0 Å². The smallest absolute Gasteiger partial charge is 0.161 e. The number of halogens is 2. The van der Waals surface area contributed by atoms with Crippen LogP contribution < -0.4 is 0 Å². The zero-order chi connectivity index (χ0) is 18.0. The summed E-state index contributed by atoms with van der Waals surface area (Å²) in [6.45, 7) is 6.87. The minimum atomic E-state index is -0.0131. The summed E-state index contributed by atoms with van der Waals surface area (Å²) in [6.07, 6.45) is 3.46. The van der Waals surface area contributed by atoms with Crippen LogP contribution in [0.4, 0.5) is 0 Å². The Bertz CT molecular complexity index is 892. The number of rotatable bonds is 6. The molecule has 0 bridgehead atoms. The molecule has 4 nitrogen and oxygen atoms in total. The molecule has 2 heterocycles. The summed E-state index contributed by atoms with van der Waals surface area (Å²) < 4.78 is 7.80. The standard InChI is InChI=1S/C19H21Cl2N3O/c1-4-15-18(17(5-2)25-6-3)19-22-10-9-16(24(19)23-15)13-8-7-12(20)11-14(13)21/h7-11,17H,4-6H2,1-3H3. The molecule has 0 aliphatic carbocycles. The summed E-state index contributed by atoms with van der Waals surface area (Å²) in [5.74, 6) is 0.